The number of pyridine rings is 1. The minimum atomic E-state index is -3.72. The van der Waals surface area contributed by atoms with Crippen LogP contribution in [0.1, 0.15) is 52.6 Å². The fraction of sp³-hybridized carbons (Fsp3) is 0.280. The van der Waals surface area contributed by atoms with Gasteiger partial charge in [-0.25, -0.2) is 13.4 Å². The zero-order valence-electron chi connectivity index (χ0n) is 17.9. The molecule has 1 atom stereocenters. The van der Waals surface area contributed by atoms with E-state index in [1.165, 1.54) is 0 Å². The molecule has 2 heterocycles. The number of nitrogens with zero attached hydrogens (tertiary/aromatic N) is 2. The van der Waals surface area contributed by atoms with Crippen molar-refractivity contribution in [1.82, 2.24) is 9.88 Å². The molecular formula is C25H25ClN2O3S. The molecule has 4 rings (SSSR count). The number of carbonyl (C=O) groups excluding carboxylic acids is 1. The molecule has 166 valence electrons. The van der Waals surface area contributed by atoms with Crippen molar-refractivity contribution < 1.29 is 13.2 Å². The first-order valence-electron chi connectivity index (χ1n) is 10.7. The monoisotopic (exact) mass is 468 g/mol. The average molecular weight is 469 g/mol. The molecule has 1 fully saturated rings. The van der Waals surface area contributed by atoms with Gasteiger partial charge in [0, 0.05) is 6.54 Å². The Morgan fingerprint density at radius 2 is 1.78 bits per heavy atom. The molecule has 1 aromatic heterocycles. The number of carbonyl (C=O) groups is 1. The third kappa shape index (κ3) is 4.71. The normalized spacial score (nSPS) is 16.7. The molecule has 32 heavy (non-hydrogen) atoms. The van der Waals surface area contributed by atoms with Crippen LogP contribution in [0.2, 0.25) is 5.02 Å². The van der Waals surface area contributed by atoms with Gasteiger partial charge in [-0.2, -0.15) is 0 Å². The quantitative estimate of drug-likeness (QED) is 0.503. The molecule has 0 N–H and O–H groups in total. The first-order chi connectivity index (χ1) is 15.4. The molecule has 1 aliphatic rings. The van der Waals surface area contributed by atoms with Crippen molar-refractivity contribution in [3.8, 4) is 0 Å². The van der Waals surface area contributed by atoms with Crippen LogP contribution in [-0.4, -0.2) is 30.8 Å². The van der Waals surface area contributed by atoms with Crippen LogP contribution in [0.5, 0.6) is 0 Å². The van der Waals surface area contributed by atoms with E-state index in [1.54, 1.807) is 43.3 Å². The Morgan fingerprint density at radius 1 is 1.03 bits per heavy atom. The molecule has 1 aliphatic heterocycles. The molecule has 7 heteroatoms. The van der Waals surface area contributed by atoms with E-state index in [-0.39, 0.29) is 33.3 Å². The number of rotatable bonds is 5. The Morgan fingerprint density at radius 3 is 2.53 bits per heavy atom. The second kappa shape index (κ2) is 9.43. The van der Waals surface area contributed by atoms with Crippen molar-refractivity contribution in [2.45, 2.75) is 42.9 Å². The van der Waals surface area contributed by atoms with Gasteiger partial charge in [0.25, 0.3) is 5.91 Å². The van der Waals surface area contributed by atoms with Crippen molar-refractivity contribution in [2.75, 3.05) is 6.54 Å². The van der Waals surface area contributed by atoms with E-state index < -0.39 is 9.84 Å². The summed E-state index contributed by atoms with van der Waals surface area (Å²) in [6, 6.07) is 20.0. The van der Waals surface area contributed by atoms with Gasteiger partial charge >= 0.3 is 0 Å². The summed E-state index contributed by atoms with van der Waals surface area (Å²) in [6.45, 7) is 2.37. The van der Waals surface area contributed by atoms with Crippen LogP contribution in [0.3, 0.4) is 0 Å². The topological polar surface area (TPSA) is 67.3 Å². The lowest BCUT2D eigenvalue weighted by Gasteiger charge is -2.36. The first kappa shape index (κ1) is 22.5. The van der Waals surface area contributed by atoms with E-state index in [0.29, 0.717) is 17.8 Å². The van der Waals surface area contributed by atoms with Gasteiger partial charge in [-0.15, -0.1) is 0 Å². The Labute approximate surface area is 194 Å². The predicted octanol–water partition coefficient (Wildman–Crippen LogP) is 5.38. The number of hydrogen-bond donors (Lipinski definition) is 0. The summed E-state index contributed by atoms with van der Waals surface area (Å²) in [4.78, 5) is 19.8. The number of halogens is 1. The van der Waals surface area contributed by atoms with Crippen LogP contribution < -0.4 is 0 Å². The maximum absolute atomic E-state index is 13.4. The molecule has 1 unspecified atom stereocenters. The number of sulfone groups is 1. The SMILES string of the molecule is Cc1cccc(Cl)c1S(=O)(=O)Cc1cccc(C(=O)N2CCCCC2c2ccccc2)n1. The van der Waals surface area contributed by atoms with Crippen molar-refractivity contribution in [2.24, 2.45) is 0 Å². The standard InChI is InChI=1S/C25H25ClN2O3S/c1-18-9-7-13-21(26)24(18)32(30,31)17-20-12-8-14-22(27-20)25(29)28-16-6-5-15-23(28)19-10-3-2-4-11-19/h2-4,7-14,23H,5-6,15-17H2,1H3. The summed E-state index contributed by atoms with van der Waals surface area (Å²) in [6.07, 6.45) is 2.90. The van der Waals surface area contributed by atoms with Crippen LogP contribution in [0.25, 0.3) is 0 Å². The molecule has 1 amide bonds. The van der Waals surface area contributed by atoms with Crippen molar-refractivity contribution >= 4 is 27.3 Å². The maximum Gasteiger partial charge on any atom is 0.272 e. The van der Waals surface area contributed by atoms with Crippen LogP contribution in [0.15, 0.2) is 71.6 Å². The third-order valence-corrected chi connectivity index (χ3v) is 8.05. The van der Waals surface area contributed by atoms with E-state index in [4.69, 9.17) is 11.6 Å². The van der Waals surface area contributed by atoms with Gasteiger partial charge in [0.15, 0.2) is 9.84 Å². The molecule has 1 saturated heterocycles. The molecule has 0 bridgehead atoms. The smallest absolute Gasteiger partial charge is 0.272 e. The Balaban J connectivity index is 1.60. The highest BCUT2D eigenvalue weighted by Gasteiger charge is 2.30. The van der Waals surface area contributed by atoms with Crippen molar-refractivity contribution in [1.29, 1.82) is 0 Å². The van der Waals surface area contributed by atoms with Crippen molar-refractivity contribution in [3.05, 3.63) is 94.3 Å². The molecule has 5 nitrogen and oxygen atoms in total. The summed E-state index contributed by atoms with van der Waals surface area (Å²) in [5, 5.41) is 0.191. The number of benzene rings is 2. The zero-order valence-corrected chi connectivity index (χ0v) is 19.4. The van der Waals surface area contributed by atoms with E-state index in [0.717, 1.165) is 24.8 Å². The predicted molar refractivity (Wildman–Crippen MR) is 125 cm³/mol. The molecule has 3 aromatic rings. The van der Waals surface area contributed by atoms with Gasteiger partial charge in [0.2, 0.25) is 0 Å². The number of aryl methyl sites for hydroxylation is 1. The molecule has 0 aliphatic carbocycles. The number of hydrogen-bond acceptors (Lipinski definition) is 4. The van der Waals surface area contributed by atoms with Gasteiger partial charge in [-0.3, -0.25) is 4.79 Å². The fourth-order valence-electron chi connectivity index (χ4n) is 4.30. The number of amides is 1. The highest BCUT2D eigenvalue weighted by atomic mass is 35.5. The number of likely N-dealkylation sites (tertiary alicyclic amines) is 1. The van der Waals surface area contributed by atoms with E-state index in [9.17, 15) is 13.2 Å². The number of piperidine rings is 1. The van der Waals surface area contributed by atoms with Crippen LogP contribution in [0, 0.1) is 6.92 Å². The maximum atomic E-state index is 13.4. The van der Waals surface area contributed by atoms with Gasteiger partial charge < -0.3 is 4.90 Å². The number of aromatic nitrogens is 1. The average Bonchev–Trinajstić information content (AvgIpc) is 2.79. The van der Waals surface area contributed by atoms with Gasteiger partial charge in [0.1, 0.15) is 5.69 Å². The summed E-state index contributed by atoms with van der Waals surface area (Å²) < 4.78 is 26.1. The van der Waals surface area contributed by atoms with Gasteiger partial charge in [-0.1, -0.05) is 60.1 Å². The van der Waals surface area contributed by atoms with E-state index in [2.05, 4.69) is 4.98 Å². The second-order valence-electron chi connectivity index (χ2n) is 8.08. The minimum Gasteiger partial charge on any atom is -0.330 e. The van der Waals surface area contributed by atoms with Crippen molar-refractivity contribution in [3.63, 3.8) is 0 Å². The van der Waals surface area contributed by atoms with Gasteiger partial charge in [-0.05, 0) is 55.5 Å². The van der Waals surface area contributed by atoms with E-state index in [1.807, 2.05) is 35.2 Å². The largest absolute Gasteiger partial charge is 0.330 e. The molecule has 0 spiro atoms. The summed E-state index contributed by atoms with van der Waals surface area (Å²) in [5.74, 6) is -0.493. The summed E-state index contributed by atoms with van der Waals surface area (Å²) in [5.41, 5.74) is 2.28. The van der Waals surface area contributed by atoms with Crippen LogP contribution in [-0.2, 0) is 15.6 Å². The molecule has 0 saturated carbocycles. The third-order valence-electron chi connectivity index (χ3n) is 5.79. The summed E-state index contributed by atoms with van der Waals surface area (Å²) >= 11 is 6.18. The zero-order chi connectivity index (χ0) is 22.7. The van der Waals surface area contributed by atoms with Gasteiger partial charge in [0.05, 0.1) is 27.4 Å². The van der Waals surface area contributed by atoms with Crippen LogP contribution >= 0.6 is 11.6 Å². The lowest BCUT2D eigenvalue weighted by atomic mass is 9.95. The minimum absolute atomic E-state index is 0.00239. The molecular weight excluding hydrogens is 444 g/mol. The van der Waals surface area contributed by atoms with E-state index >= 15 is 0 Å². The highest BCUT2D eigenvalue weighted by Crippen LogP contribution is 2.32. The highest BCUT2D eigenvalue weighted by molar-refractivity contribution is 7.90. The Bertz CT molecular complexity index is 1210. The lowest BCUT2D eigenvalue weighted by Crippen LogP contribution is -2.39. The molecule has 2 aromatic carbocycles. The lowest BCUT2D eigenvalue weighted by molar-refractivity contribution is 0.0605. The summed E-state index contributed by atoms with van der Waals surface area (Å²) in [7, 11) is -3.72. The first-order valence-corrected chi connectivity index (χ1v) is 12.7. The second-order valence-corrected chi connectivity index (χ2v) is 10.4. The Hall–Kier alpha value is -2.70. The Kier molecular flexibility index (Phi) is 6.63. The fourth-order valence-corrected chi connectivity index (χ4v) is 6.49. The molecule has 0 radical (unpaired) electrons. The van der Waals surface area contributed by atoms with Crippen LogP contribution in [0.4, 0.5) is 0 Å².